The second-order valence-electron chi connectivity index (χ2n) is 5.52. The molecule has 0 aliphatic carbocycles. The fourth-order valence-electron chi connectivity index (χ4n) is 2.08. The molecule has 0 radical (unpaired) electrons. The van der Waals surface area contributed by atoms with Crippen LogP contribution in [0.3, 0.4) is 0 Å². The van der Waals surface area contributed by atoms with Gasteiger partial charge in [-0.25, -0.2) is 0 Å². The highest BCUT2D eigenvalue weighted by Crippen LogP contribution is 2.16. The van der Waals surface area contributed by atoms with Crippen LogP contribution in [-0.2, 0) is 9.47 Å². The van der Waals surface area contributed by atoms with E-state index in [1.54, 1.807) is 14.2 Å². The maximum Gasteiger partial charge on any atom is 0.191 e. The Kier molecular flexibility index (Phi) is 17.3. The zero-order valence-corrected chi connectivity index (χ0v) is 19.0. The van der Waals surface area contributed by atoms with Gasteiger partial charge in [0.1, 0.15) is 11.5 Å². The van der Waals surface area contributed by atoms with Crippen molar-refractivity contribution in [3.8, 4) is 11.5 Å². The second kappa shape index (κ2) is 18.1. The molecule has 0 aromatic heterocycles. The molecule has 0 spiro atoms. The molecule has 0 fully saturated rings. The van der Waals surface area contributed by atoms with E-state index in [1.165, 1.54) is 0 Å². The Hall–Kier alpha value is -1.26. The van der Waals surface area contributed by atoms with E-state index in [-0.39, 0.29) is 24.0 Å². The molecule has 0 aliphatic rings. The van der Waals surface area contributed by atoms with E-state index in [0.717, 1.165) is 43.4 Å². The maximum absolute atomic E-state index is 5.70. The Morgan fingerprint density at radius 2 is 1.67 bits per heavy atom. The third kappa shape index (κ3) is 13.5. The largest absolute Gasteiger partial charge is 0.497 e. The number of nitrogens with zero attached hydrogens (tertiary/aromatic N) is 1. The first-order valence-electron chi connectivity index (χ1n) is 9.15. The Bertz CT molecular complexity index is 486. The van der Waals surface area contributed by atoms with Gasteiger partial charge < -0.3 is 29.6 Å². The van der Waals surface area contributed by atoms with Crippen molar-refractivity contribution < 1.29 is 18.9 Å². The van der Waals surface area contributed by atoms with E-state index in [0.29, 0.717) is 33.0 Å². The highest BCUT2D eigenvalue weighted by Gasteiger charge is 1.98. The van der Waals surface area contributed by atoms with Gasteiger partial charge in [-0.05, 0) is 37.6 Å². The molecule has 0 saturated heterocycles. The van der Waals surface area contributed by atoms with Gasteiger partial charge in [0.25, 0.3) is 0 Å². The van der Waals surface area contributed by atoms with Gasteiger partial charge in [-0.15, -0.1) is 24.0 Å². The monoisotopic (exact) mass is 495 g/mol. The van der Waals surface area contributed by atoms with Crippen LogP contribution >= 0.6 is 24.0 Å². The fraction of sp³-hybridized carbons (Fsp3) is 0.632. The first kappa shape index (κ1) is 25.7. The van der Waals surface area contributed by atoms with Crippen molar-refractivity contribution in [2.45, 2.75) is 19.8 Å². The molecule has 0 aliphatic heterocycles. The predicted molar refractivity (Wildman–Crippen MR) is 120 cm³/mol. The fourth-order valence-corrected chi connectivity index (χ4v) is 2.08. The topological polar surface area (TPSA) is 73.3 Å². The molecule has 1 rings (SSSR count). The van der Waals surface area contributed by atoms with Crippen LogP contribution in [0.15, 0.2) is 29.3 Å². The van der Waals surface area contributed by atoms with Gasteiger partial charge in [-0.3, -0.25) is 4.99 Å². The van der Waals surface area contributed by atoms with Crippen LogP contribution < -0.4 is 20.1 Å². The molecule has 0 bridgehead atoms. The van der Waals surface area contributed by atoms with E-state index >= 15 is 0 Å². The van der Waals surface area contributed by atoms with Gasteiger partial charge >= 0.3 is 0 Å². The van der Waals surface area contributed by atoms with E-state index in [4.69, 9.17) is 18.9 Å². The molecular weight excluding hydrogens is 461 g/mol. The summed E-state index contributed by atoms with van der Waals surface area (Å²) >= 11 is 0. The average Bonchev–Trinajstić information content (AvgIpc) is 2.67. The Balaban J connectivity index is 0.00000676. The zero-order chi connectivity index (χ0) is 18.9. The molecule has 1 aromatic carbocycles. The third-order valence-corrected chi connectivity index (χ3v) is 3.43. The highest BCUT2D eigenvalue weighted by molar-refractivity contribution is 14.0. The quantitative estimate of drug-likeness (QED) is 0.179. The summed E-state index contributed by atoms with van der Waals surface area (Å²) in [6.45, 7) is 7.02. The van der Waals surface area contributed by atoms with Crippen LogP contribution in [0.1, 0.15) is 19.8 Å². The van der Waals surface area contributed by atoms with Crippen LogP contribution in [0.4, 0.5) is 0 Å². The zero-order valence-electron chi connectivity index (χ0n) is 16.7. The molecule has 8 heteroatoms. The van der Waals surface area contributed by atoms with Crippen LogP contribution in [0.2, 0.25) is 0 Å². The molecule has 0 heterocycles. The van der Waals surface area contributed by atoms with Crippen LogP contribution in [-0.4, -0.2) is 66.2 Å². The standard InChI is InChI=1S/C19H33N3O4.HI/c1-4-20-19(21-11-5-13-25-16-15-23-2)22-12-6-14-26-18-9-7-17(24-3)8-10-18;/h7-10H,4-6,11-16H2,1-3H3,(H2,20,21,22);1H. The van der Waals surface area contributed by atoms with E-state index in [9.17, 15) is 0 Å². The number of methoxy groups -OCH3 is 2. The summed E-state index contributed by atoms with van der Waals surface area (Å²) in [6, 6.07) is 7.59. The number of nitrogens with one attached hydrogen (secondary N) is 2. The Morgan fingerprint density at radius 1 is 0.926 bits per heavy atom. The smallest absolute Gasteiger partial charge is 0.191 e. The van der Waals surface area contributed by atoms with E-state index < -0.39 is 0 Å². The lowest BCUT2D eigenvalue weighted by Gasteiger charge is -2.11. The molecule has 156 valence electrons. The molecule has 27 heavy (non-hydrogen) atoms. The van der Waals surface area contributed by atoms with Crippen molar-refractivity contribution in [1.29, 1.82) is 0 Å². The normalized spacial score (nSPS) is 10.9. The van der Waals surface area contributed by atoms with Crippen LogP contribution in [0, 0.1) is 0 Å². The Morgan fingerprint density at radius 3 is 2.33 bits per heavy atom. The van der Waals surface area contributed by atoms with Gasteiger partial charge in [0, 0.05) is 39.8 Å². The molecule has 0 saturated carbocycles. The lowest BCUT2D eigenvalue weighted by molar-refractivity contribution is 0.0698. The second-order valence-corrected chi connectivity index (χ2v) is 5.52. The van der Waals surface area contributed by atoms with Crippen molar-refractivity contribution in [1.82, 2.24) is 10.6 Å². The first-order chi connectivity index (χ1) is 12.8. The molecule has 0 amide bonds. The summed E-state index contributed by atoms with van der Waals surface area (Å²) in [5, 5.41) is 6.54. The van der Waals surface area contributed by atoms with Crippen molar-refractivity contribution in [3.05, 3.63) is 24.3 Å². The number of rotatable bonds is 14. The van der Waals surface area contributed by atoms with E-state index in [1.807, 2.05) is 24.3 Å². The minimum atomic E-state index is 0. The number of hydrogen-bond donors (Lipinski definition) is 2. The summed E-state index contributed by atoms with van der Waals surface area (Å²) in [6.07, 6.45) is 1.78. The molecule has 0 atom stereocenters. The van der Waals surface area contributed by atoms with E-state index in [2.05, 4.69) is 22.5 Å². The van der Waals surface area contributed by atoms with Crippen LogP contribution in [0.25, 0.3) is 0 Å². The minimum Gasteiger partial charge on any atom is -0.497 e. The summed E-state index contributed by atoms with van der Waals surface area (Å²) in [4.78, 5) is 4.55. The summed E-state index contributed by atoms with van der Waals surface area (Å²) in [5.74, 6) is 2.49. The van der Waals surface area contributed by atoms with Gasteiger partial charge in [0.15, 0.2) is 5.96 Å². The predicted octanol–water partition coefficient (Wildman–Crippen LogP) is 2.69. The SMILES string of the molecule is CCNC(=NCCCOc1ccc(OC)cc1)NCCCOCCOC.I. The average molecular weight is 495 g/mol. The van der Waals surface area contributed by atoms with Gasteiger partial charge in [0.2, 0.25) is 0 Å². The number of halogens is 1. The summed E-state index contributed by atoms with van der Waals surface area (Å²) in [7, 11) is 3.32. The number of aliphatic imine (C=N–C) groups is 1. The lowest BCUT2D eigenvalue weighted by Crippen LogP contribution is -2.38. The Labute approximate surface area is 180 Å². The van der Waals surface area contributed by atoms with Gasteiger partial charge in [-0.1, -0.05) is 0 Å². The van der Waals surface area contributed by atoms with Gasteiger partial charge in [0.05, 0.1) is 26.9 Å². The molecule has 0 unspecified atom stereocenters. The number of benzene rings is 1. The van der Waals surface area contributed by atoms with Crippen molar-refractivity contribution in [2.75, 3.05) is 60.3 Å². The van der Waals surface area contributed by atoms with Crippen molar-refractivity contribution in [2.24, 2.45) is 4.99 Å². The summed E-state index contributed by atoms with van der Waals surface area (Å²) in [5.41, 5.74) is 0. The number of guanidine groups is 1. The molecular formula is C19H34IN3O4. The third-order valence-electron chi connectivity index (χ3n) is 3.43. The number of ether oxygens (including phenoxy) is 4. The van der Waals surface area contributed by atoms with Crippen molar-refractivity contribution >= 4 is 29.9 Å². The number of hydrogen-bond acceptors (Lipinski definition) is 5. The highest BCUT2D eigenvalue weighted by atomic mass is 127. The molecule has 7 nitrogen and oxygen atoms in total. The minimum absolute atomic E-state index is 0. The first-order valence-corrected chi connectivity index (χ1v) is 9.15. The van der Waals surface area contributed by atoms with Gasteiger partial charge in [-0.2, -0.15) is 0 Å². The maximum atomic E-state index is 5.70. The molecule has 2 N–H and O–H groups in total. The molecule has 1 aromatic rings. The van der Waals surface area contributed by atoms with Crippen molar-refractivity contribution in [3.63, 3.8) is 0 Å². The summed E-state index contributed by atoms with van der Waals surface area (Å²) < 4.78 is 21.2. The van der Waals surface area contributed by atoms with Crippen LogP contribution in [0.5, 0.6) is 11.5 Å². The lowest BCUT2D eigenvalue weighted by atomic mass is 10.3.